The zero-order valence-electron chi connectivity index (χ0n) is 9.28. The van der Waals surface area contributed by atoms with Crippen LogP contribution in [-0.2, 0) is 35.0 Å². The van der Waals surface area contributed by atoms with Gasteiger partial charge in [-0.15, -0.1) is 0 Å². The van der Waals surface area contributed by atoms with Crippen LogP contribution >= 0.6 is 0 Å². The topological polar surface area (TPSA) is 23.6 Å². The zero-order valence-corrected chi connectivity index (χ0v) is 12.1. The number of carbonyl (C=O) groups excluding carboxylic acids is 1. The van der Waals surface area contributed by atoms with Crippen LogP contribution in [0.1, 0.15) is 19.8 Å². The summed E-state index contributed by atoms with van der Waals surface area (Å²) in [5.74, 6) is 0.981. The molecule has 2 rings (SSSR count). The SMILES string of the molecule is CC(=O)N1CC(N2CCC([C]#[Y])CC2)C1. The van der Waals surface area contributed by atoms with Gasteiger partial charge in [0.15, 0.2) is 0 Å². The molecule has 2 aliphatic rings. The number of rotatable bonds is 1. The van der Waals surface area contributed by atoms with Gasteiger partial charge in [0.05, 0.1) is 0 Å². The molecule has 2 aliphatic heterocycles. The maximum absolute atomic E-state index is 11.1. The van der Waals surface area contributed by atoms with E-state index in [4.69, 9.17) is 0 Å². The van der Waals surface area contributed by atoms with Gasteiger partial charge in [-0.1, -0.05) is 0 Å². The van der Waals surface area contributed by atoms with E-state index in [-0.39, 0.29) is 5.91 Å². The Bertz CT molecular complexity index is 285. The van der Waals surface area contributed by atoms with Gasteiger partial charge in [0.1, 0.15) is 0 Å². The first-order valence-electron chi connectivity index (χ1n) is 5.66. The van der Waals surface area contributed by atoms with Crippen molar-refractivity contribution in [1.82, 2.24) is 9.80 Å². The van der Waals surface area contributed by atoms with Crippen molar-refractivity contribution >= 4 is 5.91 Å². The summed E-state index contributed by atoms with van der Waals surface area (Å²) in [6, 6.07) is 0.642. The fourth-order valence-electron chi connectivity index (χ4n) is 2.37. The molecule has 0 aromatic heterocycles. The Morgan fingerprint density at radius 2 is 1.93 bits per heavy atom. The standard InChI is InChI=1S/C11H17N2O.Y/c1-9-3-5-12(6-4-9)11-7-13(8-11)10(2)14;/h9,11H,3-8H2,2H3;. The number of likely N-dealkylation sites (tertiary alicyclic amines) is 2. The molecule has 0 aliphatic carbocycles. The molecule has 15 heavy (non-hydrogen) atoms. The Morgan fingerprint density at radius 3 is 2.40 bits per heavy atom. The summed E-state index contributed by atoms with van der Waals surface area (Å²) < 4.78 is 3.47. The van der Waals surface area contributed by atoms with Crippen molar-refractivity contribution in [3.8, 4) is 2.59 Å². The second kappa shape index (κ2) is 5.10. The average Bonchev–Trinajstić information content (AvgIpc) is 2.16. The van der Waals surface area contributed by atoms with E-state index >= 15 is 0 Å². The number of hydrogen-bond acceptors (Lipinski definition) is 2. The summed E-state index contributed by atoms with van der Waals surface area (Å²) in [7, 11) is 0. The second-order valence-corrected chi connectivity index (χ2v) is 5.37. The van der Waals surface area contributed by atoms with E-state index in [1.54, 1.807) is 6.92 Å². The Morgan fingerprint density at radius 1 is 1.33 bits per heavy atom. The van der Waals surface area contributed by atoms with Crippen LogP contribution < -0.4 is 0 Å². The molecule has 2 fully saturated rings. The molecular formula is C11H17N2OY. The van der Waals surface area contributed by atoms with Crippen LogP contribution in [-0.4, -0.2) is 47.9 Å². The fraction of sp³-hybridized carbons (Fsp3) is 0.818. The van der Waals surface area contributed by atoms with E-state index < -0.39 is 0 Å². The number of nitrogens with zero attached hydrogens (tertiary/aromatic N) is 2. The van der Waals surface area contributed by atoms with Crippen LogP contribution in [0.25, 0.3) is 0 Å². The Labute approximate surface area is 111 Å². The van der Waals surface area contributed by atoms with Crippen molar-refractivity contribution in [2.45, 2.75) is 25.8 Å². The van der Waals surface area contributed by atoms with Gasteiger partial charge in [-0.3, -0.25) is 0 Å². The van der Waals surface area contributed by atoms with Gasteiger partial charge in [-0.2, -0.15) is 0 Å². The zero-order chi connectivity index (χ0) is 10.8. The van der Waals surface area contributed by atoms with E-state index in [0.717, 1.165) is 19.0 Å². The molecule has 0 spiro atoms. The van der Waals surface area contributed by atoms with Gasteiger partial charge < -0.3 is 0 Å². The van der Waals surface area contributed by atoms with Gasteiger partial charge in [-0.05, 0) is 0 Å². The number of piperidine rings is 1. The third-order valence-corrected chi connectivity index (χ3v) is 4.75. The first-order valence-corrected chi connectivity index (χ1v) is 7.08. The molecule has 0 saturated carbocycles. The molecule has 3 nitrogen and oxygen atoms in total. The molecule has 1 amide bonds. The van der Waals surface area contributed by atoms with Gasteiger partial charge in [-0.25, -0.2) is 0 Å². The predicted octanol–water partition coefficient (Wildman–Crippen LogP) is 0.435. The molecule has 0 radical (unpaired) electrons. The van der Waals surface area contributed by atoms with Crippen molar-refractivity contribution in [2.75, 3.05) is 26.2 Å². The first kappa shape index (κ1) is 11.8. The van der Waals surface area contributed by atoms with E-state index in [9.17, 15) is 4.79 Å². The van der Waals surface area contributed by atoms with Crippen molar-refractivity contribution in [3.63, 3.8) is 0 Å². The van der Waals surface area contributed by atoms with E-state index in [2.05, 4.69) is 7.49 Å². The Balaban J connectivity index is 1.75. The summed E-state index contributed by atoms with van der Waals surface area (Å²) >= 11 is 1.17. The van der Waals surface area contributed by atoms with E-state index in [1.807, 2.05) is 4.90 Å². The monoisotopic (exact) mass is 282 g/mol. The summed E-state index contributed by atoms with van der Waals surface area (Å²) in [5, 5.41) is 0. The van der Waals surface area contributed by atoms with Crippen LogP contribution in [0.2, 0.25) is 0 Å². The van der Waals surface area contributed by atoms with E-state index in [0.29, 0.717) is 6.04 Å². The minimum atomic E-state index is 0.224. The van der Waals surface area contributed by atoms with Crippen LogP contribution in [0.5, 0.6) is 0 Å². The first-order chi connectivity index (χ1) is 7.20. The quantitative estimate of drug-likeness (QED) is 0.696. The molecule has 0 unspecified atom stereocenters. The fourth-order valence-corrected chi connectivity index (χ4v) is 3.19. The van der Waals surface area contributed by atoms with Gasteiger partial charge in [0.25, 0.3) is 0 Å². The molecular weight excluding hydrogens is 265 g/mol. The summed E-state index contributed by atoms with van der Waals surface area (Å²) in [5.41, 5.74) is 0. The minimum absolute atomic E-state index is 0.224. The third-order valence-electron chi connectivity index (χ3n) is 3.59. The molecule has 2 saturated heterocycles. The average molecular weight is 282 g/mol. The van der Waals surface area contributed by atoms with Crippen LogP contribution in [0, 0.1) is 8.51 Å². The van der Waals surface area contributed by atoms with Crippen LogP contribution in [0.15, 0.2) is 0 Å². The second-order valence-electron chi connectivity index (χ2n) is 4.55. The Kier molecular flexibility index (Phi) is 4.01. The molecule has 2 heterocycles. The third kappa shape index (κ3) is 2.71. The number of amides is 1. The molecule has 0 atom stereocenters. The van der Waals surface area contributed by atoms with Gasteiger partial charge in [0, 0.05) is 0 Å². The maximum atomic E-state index is 11.1. The van der Waals surface area contributed by atoms with Gasteiger partial charge >= 0.3 is 111 Å². The number of carbonyl (C=O) groups is 1. The summed E-state index contributed by atoms with van der Waals surface area (Å²) in [6.07, 6.45) is 2.55. The Hall–Kier alpha value is 0.314. The molecule has 0 aromatic rings. The van der Waals surface area contributed by atoms with Crippen molar-refractivity contribution in [1.29, 1.82) is 0 Å². The summed E-state index contributed by atoms with van der Waals surface area (Å²) in [6.45, 7) is 5.97. The van der Waals surface area contributed by atoms with Crippen molar-refractivity contribution < 1.29 is 35.0 Å². The van der Waals surface area contributed by atoms with Crippen molar-refractivity contribution in [3.05, 3.63) is 0 Å². The molecule has 80 valence electrons. The molecule has 0 aromatic carbocycles. The molecule has 4 heteroatoms. The van der Waals surface area contributed by atoms with Gasteiger partial charge in [0.2, 0.25) is 0 Å². The van der Waals surface area contributed by atoms with Crippen molar-refractivity contribution in [2.24, 2.45) is 5.92 Å². The summed E-state index contributed by atoms with van der Waals surface area (Å²) in [4.78, 5) is 15.5. The number of hydrogen-bond donors (Lipinski definition) is 0. The molecule has 0 bridgehead atoms. The normalized spacial score (nSPS) is 24.9. The van der Waals surface area contributed by atoms with Crippen LogP contribution in [0.3, 0.4) is 0 Å². The predicted molar refractivity (Wildman–Crippen MR) is 54.2 cm³/mol. The molecule has 0 N–H and O–H groups in total. The van der Waals surface area contributed by atoms with Crippen LogP contribution in [0.4, 0.5) is 0 Å². The van der Waals surface area contributed by atoms with E-state index in [1.165, 1.54) is 56.2 Å².